The van der Waals surface area contributed by atoms with Crippen molar-refractivity contribution in [3.05, 3.63) is 48.5 Å². The van der Waals surface area contributed by atoms with Gasteiger partial charge < -0.3 is 14.3 Å². The van der Waals surface area contributed by atoms with E-state index in [0.29, 0.717) is 21.3 Å². The first-order valence-electron chi connectivity index (χ1n) is 7.00. The van der Waals surface area contributed by atoms with Crippen LogP contribution >= 0.6 is 0 Å². The lowest BCUT2D eigenvalue weighted by molar-refractivity contribution is -0.305. The standard InChI is InChI=1S/C16H14N2O5S/c1-18(10-15(19)20)24(21,22)12-7-8-14-13(9-12)17-16(23-14)11-5-3-2-4-6-11/h2-9H,10H2,1H3,(H,19,20)/p-1. The first-order chi connectivity index (χ1) is 11.4. The number of nitrogens with zero attached hydrogens (tertiary/aromatic N) is 2. The minimum absolute atomic E-state index is 0.0633. The third kappa shape index (κ3) is 3.01. The summed E-state index contributed by atoms with van der Waals surface area (Å²) in [5.41, 5.74) is 1.58. The molecule has 124 valence electrons. The average Bonchev–Trinajstić information content (AvgIpc) is 2.98. The number of oxazole rings is 1. The number of carboxylic acid groups (broad SMARTS) is 1. The second kappa shape index (κ2) is 6.06. The van der Waals surface area contributed by atoms with Gasteiger partial charge in [0.25, 0.3) is 0 Å². The molecule has 2 aromatic carbocycles. The summed E-state index contributed by atoms with van der Waals surface area (Å²) in [5.74, 6) is -1.10. The maximum atomic E-state index is 12.4. The van der Waals surface area contributed by atoms with Gasteiger partial charge in [0.05, 0.1) is 17.4 Å². The molecule has 1 aromatic heterocycles. The number of hydrogen-bond acceptors (Lipinski definition) is 6. The van der Waals surface area contributed by atoms with E-state index >= 15 is 0 Å². The van der Waals surface area contributed by atoms with Gasteiger partial charge in [0, 0.05) is 12.6 Å². The number of aromatic nitrogens is 1. The van der Waals surface area contributed by atoms with Gasteiger partial charge in [-0.3, -0.25) is 0 Å². The van der Waals surface area contributed by atoms with Gasteiger partial charge in [0.1, 0.15) is 5.52 Å². The van der Waals surface area contributed by atoms with E-state index in [-0.39, 0.29) is 4.90 Å². The van der Waals surface area contributed by atoms with Crippen LogP contribution in [0.4, 0.5) is 0 Å². The Hall–Kier alpha value is -2.71. The average molecular weight is 345 g/mol. The van der Waals surface area contributed by atoms with Gasteiger partial charge in [-0.25, -0.2) is 13.4 Å². The van der Waals surface area contributed by atoms with E-state index in [2.05, 4.69) is 4.98 Å². The van der Waals surface area contributed by atoms with Gasteiger partial charge in [-0.2, -0.15) is 4.31 Å². The molecular weight excluding hydrogens is 332 g/mol. The van der Waals surface area contributed by atoms with Gasteiger partial charge in [-0.05, 0) is 30.3 Å². The third-order valence-electron chi connectivity index (χ3n) is 3.44. The van der Waals surface area contributed by atoms with E-state index in [1.165, 1.54) is 25.2 Å². The first-order valence-corrected chi connectivity index (χ1v) is 8.44. The van der Waals surface area contributed by atoms with Crippen LogP contribution in [0.1, 0.15) is 0 Å². The smallest absolute Gasteiger partial charge is 0.243 e. The normalized spacial score (nSPS) is 11.9. The number of hydrogen-bond donors (Lipinski definition) is 0. The highest BCUT2D eigenvalue weighted by atomic mass is 32.2. The van der Waals surface area contributed by atoms with Crippen LogP contribution in [0.5, 0.6) is 0 Å². The van der Waals surface area contributed by atoms with Crippen molar-refractivity contribution in [3.8, 4) is 11.5 Å². The summed E-state index contributed by atoms with van der Waals surface area (Å²) in [6.07, 6.45) is 0. The fraction of sp³-hybridized carbons (Fsp3) is 0.125. The van der Waals surface area contributed by atoms with Crippen LogP contribution in [0.2, 0.25) is 0 Å². The molecule has 3 aromatic rings. The van der Waals surface area contributed by atoms with Crippen LogP contribution in [-0.2, 0) is 14.8 Å². The van der Waals surface area contributed by atoms with Crippen LogP contribution in [-0.4, -0.2) is 37.3 Å². The monoisotopic (exact) mass is 345 g/mol. The number of fused-ring (bicyclic) bond motifs is 1. The van der Waals surface area contributed by atoms with Crippen molar-refractivity contribution >= 4 is 27.1 Å². The molecule has 8 heteroatoms. The van der Waals surface area contributed by atoms with E-state index in [4.69, 9.17) is 4.42 Å². The molecule has 0 aliphatic heterocycles. The highest BCUT2D eigenvalue weighted by Gasteiger charge is 2.22. The van der Waals surface area contributed by atoms with Crippen molar-refractivity contribution in [1.82, 2.24) is 9.29 Å². The summed E-state index contributed by atoms with van der Waals surface area (Å²) in [6.45, 7) is -0.728. The van der Waals surface area contributed by atoms with Gasteiger partial charge >= 0.3 is 0 Å². The number of carbonyl (C=O) groups excluding carboxylic acids is 1. The zero-order valence-electron chi connectivity index (χ0n) is 12.7. The van der Waals surface area contributed by atoms with Crippen molar-refractivity contribution in [2.75, 3.05) is 13.6 Å². The van der Waals surface area contributed by atoms with E-state index in [1.807, 2.05) is 30.3 Å². The van der Waals surface area contributed by atoms with E-state index in [9.17, 15) is 18.3 Å². The molecule has 0 radical (unpaired) electrons. The van der Waals surface area contributed by atoms with Gasteiger partial charge in [-0.1, -0.05) is 18.2 Å². The summed E-state index contributed by atoms with van der Waals surface area (Å²) >= 11 is 0. The molecular formula is C16H13N2O5S-. The van der Waals surface area contributed by atoms with Crippen molar-refractivity contribution in [2.45, 2.75) is 4.90 Å². The van der Waals surface area contributed by atoms with Crippen LogP contribution in [0.3, 0.4) is 0 Å². The van der Waals surface area contributed by atoms with Crippen molar-refractivity contribution in [1.29, 1.82) is 0 Å². The lowest BCUT2D eigenvalue weighted by Gasteiger charge is -2.17. The summed E-state index contributed by atoms with van der Waals surface area (Å²) in [5, 5.41) is 10.6. The lowest BCUT2D eigenvalue weighted by atomic mass is 10.2. The minimum atomic E-state index is -3.95. The fourth-order valence-electron chi connectivity index (χ4n) is 2.22. The number of likely N-dealkylation sites (N-methyl/N-ethyl adjacent to an activating group) is 1. The number of carboxylic acids is 1. The maximum absolute atomic E-state index is 12.4. The van der Waals surface area contributed by atoms with E-state index < -0.39 is 22.5 Å². The number of aliphatic carboxylic acids is 1. The molecule has 0 aliphatic rings. The molecule has 0 fully saturated rings. The van der Waals surface area contributed by atoms with Crippen LogP contribution < -0.4 is 5.11 Å². The molecule has 0 atom stereocenters. The third-order valence-corrected chi connectivity index (χ3v) is 5.24. The topological polar surface area (TPSA) is 104 Å². The Labute approximate surface area is 138 Å². The van der Waals surface area contributed by atoms with Crippen LogP contribution in [0, 0.1) is 0 Å². The molecule has 0 unspecified atom stereocenters. The number of rotatable bonds is 5. The largest absolute Gasteiger partial charge is 0.549 e. The molecule has 7 nitrogen and oxygen atoms in total. The van der Waals surface area contributed by atoms with E-state index in [1.54, 1.807) is 0 Å². The summed E-state index contributed by atoms with van der Waals surface area (Å²) in [6, 6.07) is 13.4. The number of benzene rings is 2. The predicted molar refractivity (Wildman–Crippen MR) is 84.3 cm³/mol. The molecule has 24 heavy (non-hydrogen) atoms. The van der Waals surface area contributed by atoms with Crippen molar-refractivity contribution in [3.63, 3.8) is 0 Å². The summed E-state index contributed by atoms with van der Waals surface area (Å²) < 4.78 is 31.1. The van der Waals surface area contributed by atoms with Crippen molar-refractivity contribution in [2.24, 2.45) is 0 Å². The van der Waals surface area contributed by atoms with Gasteiger partial charge in [0.2, 0.25) is 15.9 Å². The highest BCUT2D eigenvalue weighted by molar-refractivity contribution is 7.89. The molecule has 0 aliphatic carbocycles. The maximum Gasteiger partial charge on any atom is 0.243 e. The number of sulfonamides is 1. The van der Waals surface area contributed by atoms with Crippen LogP contribution in [0.25, 0.3) is 22.6 Å². The van der Waals surface area contributed by atoms with Gasteiger partial charge in [0.15, 0.2) is 5.58 Å². The molecule has 0 saturated carbocycles. The Bertz CT molecular complexity index is 996. The zero-order valence-corrected chi connectivity index (χ0v) is 13.5. The van der Waals surface area contributed by atoms with Crippen molar-refractivity contribution < 1.29 is 22.7 Å². The Balaban J connectivity index is 2.01. The summed E-state index contributed by atoms with van der Waals surface area (Å²) in [4.78, 5) is 14.9. The second-order valence-electron chi connectivity index (χ2n) is 5.15. The van der Waals surface area contributed by atoms with Crippen LogP contribution in [0.15, 0.2) is 57.8 Å². The Morgan fingerprint density at radius 1 is 1.21 bits per heavy atom. The molecule has 0 bridgehead atoms. The predicted octanol–water partition coefficient (Wildman–Crippen LogP) is 0.865. The van der Waals surface area contributed by atoms with Gasteiger partial charge in [-0.15, -0.1) is 0 Å². The Kier molecular flexibility index (Phi) is 4.08. The fourth-order valence-corrected chi connectivity index (χ4v) is 3.35. The highest BCUT2D eigenvalue weighted by Crippen LogP contribution is 2.26. The first kappa shape index (κ1) is 16.2. The quantitative estimate of drug-likeness (QED) is 0.679. The minimum Gasteiger partial charge on any atom is -0.549 e. The molecule has 3 rings (SSSR count). The molecule has 0 amide bonds. The molecule has 0 saturated heterocycles. The summed E-state index contributed by atoms with van der Waals surface area (Å²) in [7, 11) is -2.78. The Morgan fingerprint density at radius 2 is 1.92 bits per heavy atom. The second-order valence-corrected chi connectivity index (χ2v) is 7.19. The SMILES string of the molecule is CN(CC(=O)[O-])S(=O)(=O)c1ccc2oc(-c3ccccc3)nc2c1. The number of carbonyl (C=O) groups is 1. The molecule has 0 spiro atoms. The van der Waals surface area contributed by atoms with E-state index in [0.717, 1.165) is 5.56 Å². The molecule has 0 N–H and O–H groups in total. The molecule has 1 heterocycles. The lowest BCUT2D eigenvalue weighted by Crippen LogP contribution is -2.39. The Morgan fingerprint density at radius 3 is 2.58 bits per heavy atom. The zero-order chi connectivity index (χ0) is 17.3.